The number of hydrogen-bond acceptors (Lipinski definition) is 8. The molecule has 0 aromatic heterocycles. The van der Waals surface area contributed by atoms with Crippen molar-refractivity contribution in [3.63, 3.8) is 0 Å². The zero-order valence-electron chi connectivity index (χ0n) is 26.2. The van der Waals surface area contributed by atoms with Crippen LogP contribution in [-0.2, 0) is 68.4 Å². The molecule has 4 heterocycles. The van der Waals surface area contributed by atoms with E-state index in [-0.39, 0.29) is 68.1 Å². The first-order valence-electron chi connectivity index (χ1n) is 15.5. The molecule has 0 aliphatic carbocycles. The zero-order valence-corrected chi connectivity index (χ0v) is 35.2. The molecule has 0 amide bonds. The Labute approximate surface area is 303 Å². The second-order valence-corrected chi connectivity index (χ2v) is 19.5. The molecular weight excluding hydrogens is 793 g/mol. The molecule has 0 atom stereocenters. The number of halogens is 4. The average molecular weight is 835 g/mol. The van der Waals surface area contributed by atoms with Crippen molar-refractivity contribution in [1.29, 1.82) is 0 Å². The molecular formula is C28H42Cl4N4O8Zn2-4. The summed E-state index contributed by atoms with van der Waals surface area (Å²) in [5.41, 5.74) is 0.667. The van der Waals surface area contributed by atoms with Crippen LogP contribution in [0.25, 0.3) is 21.3 Å². The Kier molecular flexibility index (Phi) is 28.4. The molecule has 0 spiro atoms. The molecule has 3 fully saturated rings. The molecule has 4 aliphatic heterocycles. The molecule has 12 nitrogen and oxygen atoms in total. The first kappa shape index (κ1) is 43.9. The maximum atomic E-state index is 11.7. The maximum absolute atomic E-state index is 11.7. The summed E-state index contributed by atoms with van der Waals surface area (Å²) in [6, 6.07) is 0. The van der Waals surface area contributed by atoms with Gasteiger partial charge in [-0.05, 0) is 6.42 Å². The molecule has 0 N–H and O–H groups in total. The summed E-state index contributed by atoms with van der Waals surface area (Å²) < 4.78 is 20.5. The quantitative estimate of drug-likeness (QED) is 0.113. The van der Waals surface area contributed by atoms with Crippen LogP contribution in [0.5, 0.6) is 0 Å². The first-order valence-corrected chi connectivity index (χ1v) is 31.1. The van der Waals surface area contributed by atoms with Crippen molar-refractivity contribution < 1.29 is 68.4 Å². The van der Waals surface area contributed by atoms with Crippen molar-refractivity contribution in [3.8, 4) is 0 Å². The van der Waals surface area contributed by atoms with Gasteiger partial charge in [-0.2, -0.15) is 0 Å². The van der Waals surface area contributed by atoms with Gasteiger partial charge in [0, 0.05) is 5.57 Å². The van der Waals surface area contributed by atoms with E-state index in [1.165, 1.54) is 0 Å². The van der Waals surface area contributed by atoms with E-state index in [0.717, 1.165) is 77.8 Å². The summed E-state index contributed by atoms with van der Waals surface area (Å²) in [6.45, 7) is 6.18. The first-order chi connectivity index (χ1) is 22.4. The van der Waals surface area contributed by atoms with E-state index >= 15 is 0 Å². The van der Waals surface area contributed by atoms with Crippen LogP contribution in [0.15, 0.2) is 11.6 Å². The Morgan fingerprint density at radius 2 is 0.891 bits per heavy atom. The van der Waals surface area contributed by atoms with Gasteiger partial charge in [0.25, 0.3) is 0 Å². The Hall–Kier alpha value is -0.133. The van der Waals surface area contributed by atoms with Gasteiger partial charge in [-0.25, -0.2) is 4.79 Å². The number of carbonyl (C=O) groups excluding carboxylic acids is 4. The number of carbonyl (C=O) groups is 4. The van der Waals surface area contributed by atoms with E-state index in [1.807, 2.05) is 0 Å². The molecule has 0 aromatic carbocycles. The van der Waals surface area contributed by atoms with Crippen LogP contribution >= 0.6 is 38.8 Å². The number of rotatable bonds is 10. The molecule has 18 heteroatoms. The second kappa shape index (κ2) is 29.8. The van der Waals surface area contributed by atoms with Gasteiger partial charge in [0.1, 0.15) is 26.4 Å². The van der Waals surface area contributed by atoms with Crippen molar-refractivity contribution in [3.05, 3.63) is 32.9 Å². The van der Waals surface area contributed by atoms with Gasteiger partial charge in [0.2, 0.25) is 0 Å². The van der Waals surface area contributed by atoms with Gasteiger partial charge in [-0.1, -0.05) is 44.6 Å². The van der Waals surface area contributed by atoms with Gasteiger partial charge >= 0.3 is 92.9 Å². The normalized spacial score (nSPS) is 18.5. The molecule has 4 rings (SSSR count). The van der Waals surface area contributed by atoms with Crippen molar-refractivity contribution in [2.45, 2.75) is 44.9 Å². The summed E-state index contributed by atoms with van der Waals surface area (Å²) in [7, 11) is 19.8. The monoisotopic (exact) mass is 830 g/mol. The second-order valence-electron chi connectivity index (χ2n) is 10.3. The van der Waals surface area contributed by atoms with Crippen molar-refractivity contribution in [2.24, 2.45) is 17.8 Å². The predicted octanol–water partition coefficient (Wildman–Crippen LogP) is 5.95. The van der Waals surface area contributed by atoms with Crippen LogP contribution in [0, 0.1) is 17.8 Å². The van der Waals surface area contributed by atoms with Crippen LogP contribution in [0.2, 0.25) is 0 Å². The third-order valence-electron chi connectivity index (χ3n) is 7.22. The van der Waals surface area contributed by atoms with Crippen LogP contribution in [0.3, 0.4) is 0 Å². The average Bonchev–Trinajstić information content (AvgIpc) is 3.10. The van der Waals surface area contributed by atoms with E-state index < -0.39 is 30.3 Å². The number of hydrogen-bond donors (Lipinski definition) is 0. The predicted molar refractivity (Wildman–Crippen MR) is 170 cm³/mol. The van der Waals surface area contributed by atoms with Crippen LogP contribution < -0.4 is 0 Å². The Morgan fingerprint density at radius 1 is 0.565 bits per heavy atom. The van der Waals surface area contributed by atoms with E-state index in [4.69, 9.17) is 57.7 Å². The minimum atomic E-state index is -0.931. The third-order valence-corrected chi connectivity index (χ3v) is 7.22. The molecule has 4 aliphatic rings. The summed E-state index contributed by atoms with van der Waals surface area (Å²) >= 11 is -1.86. The fraction of sp³-hybridized carbons (Fsp3) is 0.786. The fourth-order valence-electron chi connectivity index (χ4n) is 4.72. The molecule has 46 heavy (non-hydrogen) atoms. The summed E-state index contributed by atoms with van der Waals surface area (Å²) in [6.07, 6.45) is 7.00. The van der Waals surface area contributed by atoms with Gasteiger partial charge in [0.15, 0.2) is 0 Å². The van der Waals surface area contributed by atoms with Crippen molar-refractivity contribution in [1.82, 2.24) is 0 Å². The standard InChI is InChI=1S/C14H22N2O4.C14H20N2O4.4ClH.2Zn/c2*17-13(11-1-5-15-6-2-11)19-9-10-20-14(18)12-3-7-16-8-4-12;;;;;;/h11-12H,1-10H2;1,12H,2-10H2;4*1H;;/q2*-2;;;;;2*+2/p-4. The molecule has 3 saturated heterocycles. The van der Waals surface area contributed by atoms with Gasteiger partial charge in [0.05, 0.1) is 17.8 Å². The molecule has 0 aromatic rings. The van der Waals surface area contributed by atoms with E-state index in [9.17, 15) is 19.2 Å². The van der Waals surface area contributed by atoms with Gasteiger partial charge < -0.3 is 40.2 Å². The summed E-state index contributed by atoms with van der Waals surface area (Å²) in [5.74, 6) is -1.03. The molecule has 0 saturated carbocycles. The van der Waals surface area contributed by atoms with Crippen molar-refractivity contribution in [2.75, 3.05) is 78.8 Å². The van der Waals surface area contributed by atoms with Crippen molar-refractivity contribution >= 4 is 62.6 Å². The number of nitrogens with zero attached hydrogens (tertiary/aromatic N) is 4. The zero-order chi connectivity index (χ0) is 33.8. The molecule has 258 valence electrons. The Morgan fingerprint density at radius 3 is 1.20 bits per heavy atom. The van der Waals surface area contributed by atoms with E-state index in [2.05, 4.69) is 21.3 Å². The third kappa shape index (κ3) is 21.1. The van der Waals surface area contributed by atoms with Crippen LogP contribution in [-0.4, -0.2) is 103 Å². The van der Waals surface area contributed by atoms with E-state index in [0.29, 0.717) is 25.1 Å². The van der Waals surface area contributed by atoms with Crippen LogP contribution in [0.4, 0.5) is 0 Å². The van der Waals surface area contributed by atoms with E-state index in [1.54, 1.807) is 6.08 Å². The molecule has 0 bridgehead atoms. The topological polar surface area (TPSA) is 162 Å². The number of ether oxygens (including phenoxy) is 4. The molecule has 0 unspecified atom stereocenters. The summed E-state index contributed by atoms with van der Waals surface area (Å²) in [5, 5.41) is 16.7. The van der Waals surface area contributed by atoms with Gasteiger partial charge in [-0.15, -0.1) is 52.4 Å². The fourth-order valence-corrected chi connectivity index (χ4v) is 4.72. The van der Waals surface area contributed by atoms with Crippen LogP contribution in [0.1, 0.15) is 44.9 Å². The Balaban J connectivity index is 0.000000393. The Bertz CT molecular complexity index is 862. The van der Waals surface area contributed by atoms with Gasteiger partial charge in [-0.3, -0.25) is 14.4 Å². The SMILES string of the molecule is O=C(OCCOC(=O)C1CC[N-]CC1)C1=CC[N-]CC1.O=C(OCCOC(=O)C1CC[N-]CC1)C1CC[N-]CC1.[Cl][Zn][Cl].[Cl][Zn][Cl]. The summed E-state index contributed by atoms with van der Waals surface area (Å²) in [4.78, 5) is 46.8. The number of esters is 4. The minimum absolute atomic E-state index is 0.0387. The molecule has 0 radical (unpaired) electrons. The number of piperidine rings is 3.